The Morgan fingerprint density at radius 1 is 1.16 bits per heavy atom. The van der Waals surface area contributed by atoms with Crippen LogP contribution in [0.15, 0.2) is 40.3 Å². The second-order valence-corrected chi connectivity index (χ2v) is 4.70. The zero-order valence-corrected chi connectivity index (χ0v) is 11.2. The molecule has 0 amide bonds. The molecule has 0 radical (unpaired) electrons. The zero-order chi connectivity index (χ0) is 13.8. The summed E-state index contributed by atoms with van der Waals surface area (Å²) in [5.41, 5.74) is 0. The van der Waals surface area contributed by atoms with E-state index in [1.807, 2.05) is 0 Å². The standard InChI is InChI=1S/C13H12F2N2OS/c1-16-12-10(14)7-11(15)13(17-12)19-9-5-3-8(18-2)4-6-9/h3-7H,1-2H3,(H,16,17). The highest BCUT2D eigenvalue weighted by atomic mass is 32.2. The highest BCUT2D eigenvalue weighted by Gasteiger charge is 2.12. The van der Waals surface area contributed by atoms with E-state index in [0.29, 0.717) is 5.75 Å². The minimum absolute atomic E-state index is 0.0254. The predicted octanol–water partition coefficient (Wildman–Crippen LogP) is 3.56. The number of nitrogens with one attached hydrogen (secondary N) is 1. The molecule has 1 aromatic heterocycles. The van der Waals surface area contributed by atoms with E-state index in [1.165, 1.54) is 7.05 Å². The summed E-state index contributed by atoms with van der Waals surface area (Å²) in [6, 6.07) is 7.93. The van der Waals surface area contributed by atoms with Gasteiger partial charge in [0.2, 0.25) is 0 Å². The Morgan fingerprint density at radius 3 is 2.42 bits per heavy atom. The quantitative estimate of drug-likeness (QED) is 0.929. The first-order chi connectivity index (χ1) is 9.13. The average Bonchev–Trinajstić information content (AvgIpc) is 2.42. The SMILES string of the molecule is CNc1nc(Sc2ccc(OC)cc2)c(F)cc1F. The number of anilines is 1. The highest BCUT2D eigenvalue weighted by Crippen LogP contribution is 2.31. The summed E-state index contributed by atoms with van der Waals surface area (Å²) in [5, 5.41) is 2.70. The summed E-state index contributed by atoms with van der Waals surface area (Å²) in [6.07, 6.45) is 0. The lowest BCUT2D eigenvalue weighted by molar-refractivity contribution is 0.414. The molecule has 3 nitrogen and oxygen atoms in total. The van der Waals surface area contributed by atoms with E-state index in [-0.39, 0.29) is 10.8 Å². The fourth-order valence-electron chi connectivity index (χ4n) is 1.45. The third-order valence-electron chi connectivity index (χ3n) is 2.41. The maximum atomic E-state index is 13.6. The minimum Gasteiger partial charge on any atom is -0.497 e. The fourth-order valence-corrected chi connectivity index (χ4v) is 2.24. The van der Waals surface area contributed by atoms with Crippen LogP contribution in [0.25, 0.3) is 0 Å². The normalized spacial score (nSPS) is 10.3. The van der Waals surface area contributed by atoms with Crippen LogP contribution >= 0.6 is 11.8 Å². The van der Waals surface area contributed by atoms with Gasteiger partial charge in [-0.05, 0) is 24.3 Å². The summed E-state index contributed by atoms with van der Waals surface area (Å²) in [5.74, 6) is -0.651. The Kier molecular flexibility index (Phi) is 4.21. The summed E-state index contributed by atoms with van der Waals surface area (Å²) >= 11 is 1.12. The van der Waals surface area contributed by atoms with Gasteiger partial charge in [-0.25, -0.2) is 13.8 Å². The summed E-state index contributed by atoms with van der Waals surface area (Å²) in [4.78, 5) is 4.69. The lowest BCUT2D eigenvalue weighted by Crippen LogP contribution is -1.99. The summed E-state index contributed by atoms with van der Waals surface area (Å²) in [7, 11) is 3.10. The number of hydrogen-bond acceptors (Lipinski definition) is 4. The molecule has 0 fully saturated rings. The van der Waals surface area contributed by atoms with E-state index in [9.17, 15) is 8.78 Å². The first kappa shape index (κ1) is 13.6. The molecule has 0 atom stereocenters. The molecule has 1 heterocycles. The lowest BCUT2D eigenvalue weighted by Gasteiger charge is -2.07. The van der Waals surface area contributed by atoms with Crippen LogP contribution in [0.2, 0.25) is 0 Å². The second-order valence-electron chi connectivity index (χ2n) is 3.63. The number of hydrogen-bond donors (Lipinski definition) is 1. The number of benzene rings is 1. The van der Waals surface area contributed by atoms with Crippen molar-refractivity contribution in [3.05, 3.63) is 42.0 Å². The van der Waals surface area contributed by atoms with Gasteiger partial charge < -0.3 is 10.1 Å². The molecule has 100 valence electrons. The molecule has 2 aromatic rings. The molecule has 19 heavy (non-hydrogen) atoms. The van der Waals surface area contributed by atoms with Crippen LogP contribution in [0.5, 0.6) is 5.75 Å². The average molecular weight is 282 g/mol. The van der Waals surface area contributed by atoms with Gasteiger partial charge in [-0.15, -0.1) is 0 Å². The maximum Gasteiger partial charge on any atom is 0.168 e. The summed E-state index contributed by atoms with van der Waals surface area (Å²) in [6.45, 7) is 0. The molecule has 2 rings (SSSR count). The predicted molar refractivity (Wildman–Crippen MR) is 70.8 cm³/mol. The second kappa shape index (κ2) is 5.88. The third kappa shape index (κ3) is 3.14. The van der Waals surface area contributed by atoms with E-state index in [2.05, 4.69) is 10.3 Å². The fraction of sp³-hybridized carbons (Fsp3) is 0.154. The number of halogens is 2. The number of pyridine rings is 1. The molecule has 1 aromatic carbocycles. The molecule has 0 unspecified atom stereocenters. The van der Waals surface area contributed by atoms with Gasteiger partial charge in [0.25, 0.3) is 0 Å². The number of rotatable bonds is 4. The first-order valence-electron chi connectivity index (χ1n) is 5.49. The van der Waals surface area contributed by atoms with Gasteiger partial charge in [-0.3, -0.25) is 0 Å². The van der Waals surface area contributed by atoms with Crippen LogP contribution in [0, 0.1) is 11.6 Å². The van der Waals surface area contributed by atoms with Crippen molar-refractivity contribution in [2.75, 3.05) is 19.5 Å². The van der Waals surface area contributed by atoms with Gasteiger partial charge in [0, 0.05) is 18.0 Å². The Bertz CT molecular complexity index is 576. The van der Waals surface area contributed by atoms with Crippen LogP contribution in [0.3, 0.4) is 0 Å². The van der Waals surface area contributed by atoms with Gasteiger partial charge in [0.05, 0.1) is 7.11 Å². The van der Waals surface area contributed by atoms with Gasteiger partial charge in [-0.2, -0.15) is 0 Å². The van der Waals surface area contributed by atoms with Crippen molar-refractivity contribution < 1.29 is 13.5 Å². The Balaban J connectivity index is 2.26. The summed E-state index contributed by atoms with van der Waals surface area (Å²) < 4.78 is 31.9. The maximum absolute atomic E-state index is 13.6. The van der Waals surface area contributed by atoms with Crippen molar-refractivity contribution in [1.29, 1.82) is 0 Å². The van der Waals surface area contributed by atoms with Crippen LogP contribution in [-0.4, -0.2) is 19.1 Å². The molecule has 0 bridgehead atoms. The lowest BCUT2D eigenvalue weighted by atomic mass is 10.3. The Labute approximate surface area is 114 Å². The van der Waals surface area contributed by atoms with E-state index >= 15 is 0 Å². The molecule has 0 saturated heterocycles. The number of methoxy groups -OCH3 is 1. The van der Waals surface area contributed by atoms with Gasteiger partial charge in [0.15, 0.2) is 17.5 Å². The smallest absolute Gasteiger partial charge is 0.168 e. The number of aromatic nitrogens is 1. The molecule has 0 saturated carbocycles. The molecule has 0 aliphatic rings. The molecule has 0 aliphatic heterocycles. The Morgan fingerprint density at radius 2 is 1.84 bits per heavy atom. The van der Waals surface area contributed by atoms with Crippen molar-refractivity contribution in [1.82, 2.24) is 4.98 Å². The number of nitrogens with zero attached hydrogens (tertiary/aromatic N) is 1. The van der Waals surface area contributed by atoms with Crippen molar-refractivity contribution in [3.8, 4) is 5.75 Å². The molecule has 0 aliphatic carbocycles. The molecular formula is C13H12F2N2OS. The van der Waals surface area contributed by atoms with Crippen molar-refractivity contribution in [2.45, 2.75) is 9.92 Å². The Hall–Kier alpha value is -1.82. The largest absolute Gasteiger partial charge is 0.497 e. The zero-order valence-electron chi connectivity index (χ0n) is 10.4. The first-order valence-corrected chi connectivity index (χ1v) is 6.31. The van der Waals surface area contributed by atoms with Crippen LogP contribution in [0.1, 0.15) is 0 Å². The monoisotopic (exact) mass is 282 g/mol. The minimum atomic E-state index is -0.709. The van der Waals surface area contributed by atoms with E-state index < -0.39 is 11.6 Å². The third-order valence-corrected chi connectivity index (χ3v) is 3.40. The van der Waals surface area contributed by atoms with Crippen LogP contribution in [-0.2, 0) is 0 Å². The van der Waals surface area contributed by atoms with Crippen molar-refractivity contribution in [3.63, 3.8) is 0 Å². The van der Waals surface area contributed by atoms with Gasteiger partial charge in [-0.1, -0.05) is 11.8 Å². The van der Waals surface area contributed by atoms with E-state index in [0.717, 1.165) is 22.7 Å². The van der Waals surface area contributed by atoms with Crippen LogP contribution < -0.4 is 10.1 Å². The molecule has 1 N–H and O–H groups in total. The van der Waals surface area contributed by atoms with Crippen molar-refractivity contribution in [2.24, 2.45) is 0 Å². The van der Waals surface area contributed by atoms with Crippen molar-refractivity contribution >= 4 is 17.6 Å². The molecule has 0 spiro atoms. The molecule has 6 heteroatoms. The van der Waals surface area contributed by atoms with E-state index in [1.54, 1.807) is 31.4 Å². The van der Waals surface area contributed by atoms with E-state index in [4.69, 9.17) is 4.74 Å². The van der Waals surface area contributed by atoms with Gasteiger partial charge in [0.1, 0.15) is 10.8 Å². The topological polar surface area (TPSA) is 34.2 Å². The van der Waals surface area contributed by atoms with Gasteiger partial charge >= 0.3 is 0 Å². The molecular weight excluding hydrogens is 270 g/mol. The number of ether oxygens (including phenoxy) is 1. The highest BCUT2D eigenvalue weighted by molar-refractivity contribution is 7.99. The van der Waals surface area contributed by atoms with Crippen LogP contribution in [0.4, 0.5) is 14.6 Å².